The van der Waals surface area contributed by atoms with Gasteiger partial charge in [0.05, 0.1) is 0 Å². The summed E-state index contributed by atoms with van der Waals surface area (Å²) in [7, 11) is 0. The molecular weight excluding hydrogens is 351 g/mol. The topological polar surface area (TPSA) is 81.8 Å². The van der Waals surface area contributed by atoms with Gasteiger partial charge in [0.2, 0.25) is 5.91 Å². The van der Waals surface area contributed by atoms with Gasteiger partial charge in [-0.1, -0.05) is 12.1 Å². The van der Waals surface area contributed by atoms with Crippen molar-refractivity contribution in [1.82, 2.24) is 20.4 Å². The molecule has 4 rings (SSSR count). The number of nitrogens with one attached hydrogen (secondary N) is 2. The molecule has 0 radical (unpaired) electrons. The Morgan fingerprint density at radius 2 is 1.89 bits per heavy atom. The standard InChI is InChI=1S/C19H23FN4O3/c1-19(12-2-4-13(20)5-3-12)17(26)24(18(27)22-19)11-16(25)23-9-8-14-6-7-15(10-23)21-14/h2-5,14-15,21H,6-11H2,1H3,(H,22,27). The molecule has 3 aliphatic heterocycles. The minimum atomic E-state index is -1.30. The van der Waals surface area contributed by atoms with Gasteiger partial charge in [-0.2, -0.15) is 0 Å². The van der Waals surface area contributed by atoms with Crippen molar-refractivity contribution in [3.63, 3.8) is 0 Å². The van der Waals surface area contributed by atoms with Crippen LogP contribution in [-0.4, -0.2) is 59.4 Å². The van der Waals surface area contributed by atoms with Crippen LogP contribution in [0.3, 0.4) is 0 Å². The lowest BCUT2D eigenvalue weighted by molar-refractivity contribution is -0.139. The molecule has 1 aromatic carbocycles. The maximum atomic E-state index is 13.2. The minimum absolute atomic E-state index is 0.226. The Kier molecular flexibility index (Phi) is 4.38. The molecule has 3 aliphatic rings. The molecule has 3 saturated heterocycles. The van der Waals surface area contributed by atoms with Crippen LogP contribution in [0.4, 0.5) is 9.18 Å². The highest BCUT2D eigenvalue weighted by atomic mass is 19.1. The van der Waals surface area contributed by atoms with Crippen LogP contribution in [0.2, 0.25) is 0 Å². The molecule has 7 nitrogen and oxygen atoms in total. The molecule has 0 aromatic heterocycles. The average molecular weight is 374 g/mol. The predicted octanol–water partition coefficient (Wildman–Crippen LogP) is 0.946. The number of hydrogen-bond donors (Lipinski definition) is 2. The molecule has 4 amide bonds. The van der Waals surface area contributed by atoms with E-state index in [0.29, 0.717) is 24.7 Å². The fourth-order valence-corrected chi connectivity index (χ4v) is 4.22. The van der Waals surface area contributed by atoms with Crippen molar-refractivity contribution in [3.8, 4) is 0 Å². The van der Waals surface area contributed by atoms with Crippen LogP contribution in [0, 0.1) is 5.82 Å². The second-order valence-electron chi connectivity index (χ2n) is 7.72. The van der Waals surface area contributed by atoms with E-state index >= 15 is 0 Å². The van der Waals surface area contributed by atoms with Crippen molar-refractivity contribution in [2.45, 2.75) is 43.8 Å². The zero-order valence-electron chi connectivity index (χ0n) is 15.2. The Bertz CT molecular complexity index is 784. The molecule has 0 saturated carbocycles. The number of carbonyl (C=O) groups is 3. The lowest BCUT2D eigenvalue weighted by Crippen LogP contribution is -2.46. The molecule has 0 spiro atoms. The number of halogens is 1. The molecule has 2 N–H and O–H groups in total. The van der Waals surface area contributed by atoms with E-state index in [1.807, 2.05) is 0 Å². The van der Waals surface area contributed by atoms with Gasteiger partial charge in [0, 0.05) is 25.2 Å². The summed E-state index contributed by atoms with van der Waals surface area (Å²) in [5.74, 6) is -1.15. The van der Waals surface area contributed by atoms with Crippen LogP contribution in [0.15, 0.2) is 24.3 Å². The summed E-state index contributed by atoms with van der Waals surface area (Å²) in [6.45, 7) is 2.53. The van der Waals surface area contributed by atoms with Crippen LogP contribution in [0.1, 0.15) is 31.7 Å². The second kappa shape index (κ2) is 6.60. The first kappa shape index (κ1) is 17.9. The van der Waals surface area contributed by atoms with Crippen molar-refractivity contribution in [2.24, 2.45) is 0 Å². The SMILES string of the molecule is CC1(c2ccc(F)cc2)NC(=O)N(CC(=O)N2CCC3CCC(C2)N3)C1=O. The molecule has 3 fully saturated rings. The lowest BCUT2D eigenvalue weighted by Gasteiger charge is -2.26. The van der Waals surface area contributed by atoms with E-state index in [0.717, 1.165) is 24.2 Å². The summed E-state index contributed by atoms with van der Waals surface area (Å²) in [6, 6.07) is 5.56. The molecule has 3 unspecified atom stereocenters. The summed E-state index contributed by atoms with van der Waals surface area (Å²) < 4.78 is 13.2. The number of fused-ring (bicyclic) bond motifs is 2. The first-order chi connectivity index (χ1) is 12.9. The van der Waals surface area contributed by atoms with Crippen molar-refractivity contribution < 1.29 is 18.8 Å². The number of benzene rings is 1. The molecule has 144 valence electrons. The highest BCUT2D eigenvalue weighted by molar-refractivity contribution is 6.09. The molecule has 1 aromatic rings. The summed E-state index contributed by atoms with van der Waals surface area (Å²) >= 11 is 0. The van der Waals surface area contributed by atoms with E-state index < -0.39 is 23.3 Å². The monoisotopic (exact) mass is 374 g/mol. The zero-order chi connectivity index (χ0) is 19.2. The highest BCUT2D eigenvalue weighted by Crippen LogP contribution is 2.29. The van der Waals surface area contributed by atoms with Crippen molar-refractivity contribution in [2.75, 3.05) is 19.6 Å². The smallest absolute Gasteiger partial charge is 0.325 e. The van der Waals surface area contributed by atoms with Gasteiger partial charge in [-0.05, 0) is 43.9 Å². The van der Waals surface area contributed by atoms with Crippen LogP contribution in [-0.2, 0) is 15.1 Å². The maximum absolute atomic E-state index is 13.2. The van der Waals surface area contributed by atoms with Gasteiger partial charge in [0.25, 0.3) is 5.91 Å². The summed E-state index contributed by atoms with van der Waals surface area (Å²) in [6.07, 6.45) is 3.06. The molecular formula is C19H23FN4O3. The van der Waals surface area contributed by atoms with E-state index in [2.05, 4.69) is 10.6 Å². The third kappa shape index (κ3) is 3.18. The Hall–Kier alpha value is -2.48. The molecule has 27 heavy (non-hydrogen) atoms. The Morgan fingerprint density at radius 1 is 1.19 bits per heavy atom. The maximum Gasteiger partial charge on any atom is 0.325 e. The average Bonchev–Trinajstić information content (AvgIpc) is 3.07. The van der Waals surface area contributed by atoms with Crippen LogP contribution < -0.4 is 10.6 Å². The first-order valence-electron chi connectivity index (χ1n) is 9.31. The van der Waals surface area contributed by atoms with Crippen molar-refractivity contribution in [1.29, 1.82) is 0 Å². The largest absolute Gasteiger partial charge is 0.340 e. The second-order valence-corrected chi connectivity index (χ2v) is 7.72. The van der Waals surface area contributed by atoms with Gasteiger partial charge in [-0.25, -0.2) is 9.18 Å². The van der Waals surface area contributed by atoms with Crippen molar-refractivity contribution in [3.05, 3.63) is 35.6 Å². The Balaban J connectivity index is 1.47. The number of hydrogen-bond acceptors (Lipinski definition) is 4. The van der Waals surface area contributed by atoms with E-state index in [1.165, 1.54) is 24.3 Å². The highest BCUT2D eigenvalue weighted by Gasteiger charge is 2.49. The number of carbonyl (C=O) groups excluding carboxylic acids is 3. The van der Waals surface area contributed by atoms with Crippen LogP contribution >= 0.6 is 0 Å². The Morgan fingerprint density at radius 3 is 2.63 bits per heavy atom. The fraction of sp³-hybridized carbons (Fsp3) is 0.526. The van der Waals surface area contributed by atoms with E-state index in [-0.39, 0.29) is 18.5 Å². The molecule has 2 bridgehead atoms. The number of amides is 4. The third-order valence-electron chi connectivity index (χ3n) is 5.87. The van der Waals surface area contributed by atoms with E-state index in [1.54, 1.807) is 11.8 Å². The number of imide groups is 1. The lowest BCUT2D eigenvalue weighted by atomic mass is 9.92. The number of nitrogens with zero attached hydrogens (tertiary/aromatic N) is 2. The van der Waals surface area contributed by atoms with Crippen LogP contribution in [0.25, 0.3) is 0 Å². The van der Waals surface area contributed by atoms with Gasteiger partial charge in [-0.15, -0.1) is 0 Å². The summed E-state index contributed by atoms with van der Waals surface area (Å²) in [5, 5.41) is 6.15. The summed E-state index contributed by atoms with van der Waals surface area (Å²) in [5.41, 5.74) is -0.821. The van der Waals surface area contributed by atoms with Gasteiger partial charge < -0.3 is 15.5 Å². The quantitative estimate of drug-likeness (QED) is 0.772. The first-order valence-corrected chi connectivity index (χ1v) is 9.31. The van der Waals surface area contributed by atoms with Gasteiger partial charge in [0.15, 0.2) is 0 Å². The van der Waals surface area contributed by atoms with Gasteiger partial charge in [-0.3, -0.25) is 14.5 Å². The van der Waals surface area contributed by atoms with Crippen LogP contribution in [0.5, 0.6) is 0 Å². The van der Waals surface area contributed by atoms with Gasteiger partial charge >= 0.3 is 6.03 Å². The van der Waals surface area contributed by atoms with E-state index in [4.69, 9.17) is 0 Å². The molecule has 3 atom stereocenters. The predicted molar refractivity (Wildman–Crippen MR) is 95.1 cm³/mol. The van der Waals surface area contributed by atoms with Crippen molar-refractivity contribution >= 4 is 17.8 Å². The number of likely N-dealkylation sites (tertiary alicyclic amines) is 1. The normalized spacial score (nSPS) is 30.4. The number of rotatable bonds is 3. The molecule has 8 heteroatoms. The fourth-order valence-electron chi connectivity index (χ4n) is 4.22. The number of urea groups is 1. The summed E-state index contributed by atoms with van der Waals surface area (Å²) in [4.78, 5) is 40.7. The molecule has 0 aliphatic carbocycles. The third-order valence-corrected chi connectivity index (χ3v) is 5.87. The van der Waals surface area contributed by atoms with Gasteiger partial charge in [0.1, 0.15) is 17.9 Å². The minimum Gasteiger partial charge on any atom is -0.340 e. The Labute approximate surface area is 156 Å². The zero-order valence-corrected chi connectivity index (χ0v) is 15.2. The van der Waals surface area contributed by atoms with E-state index in [9.17, 15) is 18.8 Å². The molecule has 3 heterocycles.